The summed E-state index contributed by atoms with van der Waals surface area (Å²) in [5.41, 5.74) is 1.29. The van der Waals surface area contributed by atoms with Gasteiger partial charge in [0, 0.05) is 17.5 Å². The number of piperidine rings is 1. The highest BCUT2D eigenvalue weighted by molar-refractivity contribution is 7.11. The van der Waals surface area contributed by atoms with Crippen LogP contribution in [0.3, 0.4) is 0 Å². The van der Waals surface area contributed by atoms with E-state index < -0.39 is 0 Å². The van der Waals surface area contributed by atoms with Crippen LogP contribution in [0.15, 0.2) is 24.3 Å². The zero-order chi connectivity index (χ0) is 13.9. The Hall–Kier alpha value is -0.970. The van der Waals surface area contributed by atoms with Crippen molar-refractivity contribution in [2.45, 2.75) is 32.2 Å². The van der Waals surface area contributed by atoms with Crippen molar-refractivity contribution in [1.29, 1.82) is 0 Å². The van der Waals surface area contributed by atoms with Crippen LogP contribution in [0.1, 0.15) is 34.3 Å². The number of aryl methyl sites for hydroxylation is 1. The van der Waals surface area contributed by atoms with Crippen molar-refractivity contribution < 1.29 is 0 Å². The molecule has 1 aromatic carbocycles. The van der Waals surface area contributed by atoms with Gasteiger partial charge in [0.05, 0.1) is 0 Å². The van der Waals surface area contributed by atoms with Gasteiger partial charge in [0.15, 0.2) is 0 Å². The standard InChI is InChI=1S/C15H18ClN3S/c1-11-17-18-15(20-11)13-5-7-19(8-6-13)10-12-3-2-4-14(16)9-12/h2-4,9,13H,5-8,10H2,1H3. The number of hydrogen-bond acceptors (Lipinski definition) is 4. The van der Waals surface area contributed by atoms with Gasteiger partial charge in [0.1, 0.15) is 10.0 Å². The van der Waals surface area contributed by atoms with Gasteiger partial charge < -0.3 is 0 Å². The monoisotopic (exact) mass is 307 g/mol. The fourth-order valence-corrected chi connectivity index (χ4v) is 3.79. The third kappa shape index (κ3) is 3.37. The first kappa shape index (κ1) is 14.0. The van der Waals surface area contributed by atoms with Crippen LogP contribution in [0.4, 0.5) is 0 Å². The van der Waals surface area contributed by atoms with E-state index in [0.717, 1.165) is 29.7 Å². The smallest absolute Gasteiger partial charge is 0.120 e. The van der Waals surface area contributed by atoms with Crippen LogP contribution in [-0.4, -0.2) is 28.2 Å². The van der Waals surface area contributed by atoms with Crippen molar-refractivity contribution in [3.05, 3.63) is 44.9 Å². The van der Waals surface area contributed by atoms with Gasteiger partial charge in [-0.05, 0) is 50.6 Å². The predicted octanol–water partition coefficient (Wildman–Crippen LogP) is 3.88. The minimum atomic E-state index is 0.594. The van der Waals surface area contributed by atoms with Crippen molar-refractivity contribution in [3.8, 4) is 0 Å². The molecule has 3 nitrogen and oxygen atoms in total. The first-order valence-corrected chi connectivity index (χ1v) is 8.17. The maximum atomic E-state index is 6.04. The Morgan fingerprint density at radius 1 is 1.30 bits per heavy atom. The number of likely N-dealkylation sites (tertiary alicyclic amines) is 1. The summed E-state index contributed by atoms with van der Waals surface area (Å²) >= 11 is 7.78. The van der Waals surface area contributed by atoms with E-state index in [-0.39, 0.29) is 0 Å². The van der Waals surface area contributed by atoms with Gasteiger partial charge in [-0.2, -0.15) is 0 Å². The Bertz CT molecular complexity index is 576. The summed E-state index contributed by atoms with van der Waals surface area (Å²) in [6, 6.07) is 8.15. The largest absolute Gasteiger partial charge is 0.299 e. The molecule has 0 bridgehead atoms. The minimum absolute atomic E-state index is 0.594. The fraction of sp³-hybridized carbons (Fsp3) is 0.467. The molecule has 0 unspecified atom stereocenters. The van der Waals surface area contributed by atoms with Crippen LogP contribution < -0.4 is 0 Å². The zero-order valence-corrected chi connectivity index (χ0v) is 13.1. The summed E-state index contributed by atoms with van der Waals surface area (Å²) in [6.45, 7) is 5.25. The summed E-state index contributed by atoms with van der Waals surface area (Å²) in [4.78, 5) is 2.50. The molecule has 0 N–H and O–H groups in total. The molecular formula is C15H18ClN3S. The minimum Gasteiger partial charge on any atom is -0.299 e. The molecular weight excluding hydrogens is 290 g/mol. The van der Waals surface area contributed by atoms with Gasteiger partial charge in [-0.3, -0.25) is 4.90 Å². The second-order valence-electron chi connectivity index (χ2n) is 5.34. The topological polar surface area (TPSA) is 29.0 Å². The van der Waals surface area contributed by atoms with Crippen molar-refractivity contribution in [2.24, 2.45) is 0 Å². The molecule has 1 aliphatic rings. The van der Waals surface area contributed by atoms with Crippen LogP contribution in [0, 0.1) is 6.92 Å². The average Bonchev–Trinajstić information content (AvgIpc) is 2.86. The number of nitrogens with zero attached hydrogens (tertiary/aromatic N) is 3. The molecule has 2 aromatic rings. The molecule has 1 aliphatic heterocycles. The van der Waals surface area contributed by atoms with Gasteiger partial charge >= 0.3 is 0 Å². The molecule has 0 radical (unpaired) electrons. The second-order valence-corrected chi connectivity index (χ2v) is 6.99. The van der Waals surface area contributed by atoms with Crippen LogP contribution in [0.5, 0.6) is 0 Å². The number of rotatable bonds is 3. The van der Waals surface area contributed by atoms with Gasteiger partial charge in [0.25, 0.3) is 0 Å². The predicted molar refractivity (Wildman–Crippen MR) is 83.4 cm³/mol. The van der Waals surface area contributed by atoms with E-state index in [1.807, 2.05) is 19.1 Å². The molecule has 0 spiro atoms. The molecule has 1 saturated heterocycles. The lowest BCUT2D eigenvalue weighted by Gasteiger charge is -2.30. The maximum absolute atomic E-state index is 6.04. The Morgan fingerprint density at radius 3 is 2.75 bits per heavy atom. The molecule has 20 heavy (non-hydrogen) atoms. The second kappa shape index (κ2) is 6.20. The molecule has 5 heteroatoms. The van der Waals surface area contributed by atoms with Crippen molar-refractivity contribution in [2.75, 3.05) is 13.1 Å². The average molecular weight is 308 g/mol. The van der Waals surface area contributed by atoms with E-state index in [9.17, 15) is 0 Å². The highest BCUT2D eigenvalue weighted by Crippen LogP contribution is 2.30. The summed E-state index contributed by atoms with van der Waals surface area (Å²) in [5, 5.41) is 11.5. The van der Waals surface area contributed by atoms with Gasteiger partial charge in [0.2, 0.25) is 0 Å². The molecule has 1 fully saturated rings. The third-order valence-corrected chi connectivity index (χ3v) is 5.01. The summed E-state index contributed by atoms with van der Waals surface area (Å²) in [6.07, 6.45) is 2.35. The lowest BCUT2D eigenvalue weighted by Crippen LogP contribution is -2.32. The van der Waals surface area contributed by atoms with E-state index >= 15 is 0 Å². The Labute approximate surface area is 128 Å². The van der Waals surface area contributed by atoms with E-state index in [0.29, 0.717) is 5.92 Å². The molecule has 106 valence electrons. The number of aromatic nitrogens is 2. The summed E-state index contributed by atoms with van der Waals surface area (Å²) in [5.74, 6) is 0.594. The number of benzene rings is 1. The highest BCUT2D eigenvalue weighted by Gasteiger charge is 2.23. The Balaban J connectivity index is 1.56. The van der Waals surface area contributed by atoms with Crippen LogP contribution in [-0.2, 0) is 6.54 Å². The first-order chi connectivity index (χ1) is 9.70. The molecule has 3 rings (SSSR count). The van der Waals surface area contributed by atoms with E-state index in [1.165, 1.54) is 23.4 Å². The van der Waals surface area contributed by atoms with Crippen molar-refractivity contribution >= 4 is 22.9 Å². The molecule has 0 amide bonds. The van der Waals surface area contributed by atoms with E-state index in [2.05, 4.69) is 27.2 Å². The van der Waals surface area contributed by atoms with Gasteiger partial charge in [-0.1, -0.05) is 23.7 Å². The Morgan fingerprint density at radius 2 is 2.10 bits per heavy atom. The summed E-state index contributed by atoms with van der Waals surface area (Å²) in [7, 11) is 0. The normalized spacial score (nSPS) is 17.5. The zero-order valence-electron chi connectivity index (χ0n) is 11.6. The lowest BCUT2D eigenvalue weighted by molar-refractivity contribution is 0.204. The molecule has 1 aromatic heterocycles. The molecule has 2 heterocycles. The molecule has 0 atom stereocenters. The van der Waals surface area contributed by atoms with E-state index in [4.69, 9.17) is 11.6 Å². The van der Waals surface area contributed by atoms with Gasteiger partial charge in [-0.25, -0.2) is 0 Å². The maximum Gasteiger partial charge on any atom is 0.120 e. The Kier molecular flexibility index (Phi) is 4.34. The van der Waals surface area contributed by atoms with E-state index in [1.54, 1.807) is 11.3 Å². The third-order valence-electron chi connectivity index (χ3n) is 3.77. The molecule has 0 aliphatic carbocycles. The van der Waals surface area contributed by atoms with Crippen LogP contribution >= 0.6 is 22.9 Å². The molecule has 0 saturated carbocycles. The van der Waals surface area contributed by atoms with Gasteiger partial charge in [-0.15, -0.1) is 21.5 Å². The first-order valence-electron chi connectivity index (χ1n) is 6.97. The number of halogens is 1. The lowest BCUT2D eigenvalue weighted by atomic mass is 9.97. The van der Waals surface area contributed by atoms with Crippen LogP contribution in [0.25, 0.3) is 0 Å². The van der Waals surface area contributed by atoms with Crippen molar-refractivity contribution in [1.82, 2.24) is 15.1 Å². The number of hydrogen-bond donors (Lipinski definition) is 0. The quantitative estimate of drug-likeness (QED) is 0.861. The highest BCUT2D eigenvalue weighted by atomic mass is 35.5. The van der Waals surface area contributed by atoms with Crippen molar-refractivity contribution in [3.63, 3.8) is 0 Å². The van der Waals surface area contributed by atoms with Crippen LogP contribution in [0.2, 0.25) is 5.02 Å². The fourth-order valence-electron chi connectivity index (χ4n) is 2.71. The summed E-state index contributed by atoms with van der Waals surface area (Å²) < 4.78 is 0. The SMILES string of the molecule is Cc1nnc(C2CCN(Cc3cccc(Cl)c3)CC2)s1.